The molecule has 0 saturated heterocycles. The van der Waals surface area contributed by atoms with Crippen LogP contribution in [0.4, 0.5) is 0 Å². The summed E-state index contributed by atoms with van der Waals surface area (Å²) in [5, 5.41) is 3.38. The number of nitrogens with zero attached hydrogens (tertiary/aromatic N) is 1. The van der Waals surface area contributed by atoms with Gasteiger partial charge < -0.3 is 19.2 Å². The number of aromatic nitrogens is 1. The van der Waals surface area contributed by atoms with Gasteiger partial charge in [0.15, 0.2) is 0 Å². The van der Waals surface area contributed by atoms with Crippen LogP contribution in [-0.4, -0.2) is 18.1 Å². The standard InChI is InChI=1S/C15H18N2O3/c1-18-14-4-2-3-11(7-14)9-19-15-17-13(10-20-15)8-16-12-5-6-12/h2-4,7,10,12,16H,5-6,8-9H2,1H3. The fourth-order valence-corrected chi connectivity index (χ4v) is 1.88. The minimum Gasteiger partial charge on any atom is -0.497 e. The second kappa shape index (κ2) is 5.96. The third-order valence-electron chi connectivity index (χ3n) is 3.18. The number of benzene rings is 1. The van der Waals surface area contributed by atoms with Crippen molar-refractivity contribution < 1.29 is 13.9 Å². The Kier molecular flexibility index (Phi) is 3.87. The fourth-order valence-electron chi connectivity index (χ4n) is 1.88. The molecular formula is C15H18N2O3. The van der Waals surface area contributed by atoms with Crippen LogP contribution in [-0.2, 0) is 13.2 Å². The van der Waals surface area contributed by atoms with E-state index in [0.717, 1.165) is 23.6 Å². The van der Waals surface area contributed by atoms with Crippen LogP contribution >= 0.6 is 0 Å². The highest BCUT2D eigenvalue weighted by molar-refractivity contribution is 5.28. The molecular weight excluding hydrogens is 256 g/mol. The molecule has 1 aromatic heterocycles. The normalized spacial score (nSPS) is 14.2. The topological polar surface area (TPSA) is 56.5 Å². The number of ether oxygens (including phenoxy) is 2. The molecule has 0 amide bonds. The first-order valence-corrected chi connectivity index (χ1v) is 6.77. The lowest BCUT2D eigenvalue weighted by Gasteiger charge is -2.04. The van der Waals surface area contributed by atoms with E-state index in [1.807, 2.05) is 24.3 Å². The summed E-state index contributed by atoms with van der Waals surface area (Å²) in [4.78, 5) is 4.28. The molecule has 0 radical (unpaired) electrons. The molecule has 20 heavy (non-hydrogen) atoms. The number of nitrogens with one attached hydrogen (secondary N) is 1. The summed E-state index contributed by atoms with van der Waals surface area (Å²) in [6, 6.07) is 8.39. The van der Waals surface area contributed by atoms with Crippen molar-refractivity contribution in [3.8, 4) is 11.8 Å². The number of rotatable bonds is 7. The molecule has 3 rings (SSSR count). The SMILES string of the molecule is COc1cccc(COc2nc(CNC3CC3)co2)c1. The number of oxazole rings is 1. The molecule has 1 heterocycles. The predicted molar refractivity (Wildman–Crippen MR) is 73.7 cm³/mol. The van der Waals surface area contributed by atoms with E-state index in [0.29, 0.717) is 18.7 Å². The minimum absolute atomic E-state index is 0.306. The van der Waals surface area contributed by atoms with Crippen LogP contribution in [0.1, 0.15) is 24.1 Å². The molecule has 1 saturated carbocycles. The number of methoxy groups -OCH3 is 1. The molecule has 5 heteroatoms. The first-order valence-electron chi connectivity index (χ1n) is 6.77. The van der Waals surface area contributed by atoms with Gasteiger partial charge in [-0.15, -0.1) is 0 Å². The Morgan fingerprint density at radius 3 is 3.10 bits per heavy atom. The maximum atomic E-state index is 5.53. The Morgan fingerprint density at radius 2 is 2.30 bits per heavy atom. The van der Waals surface area contributed by atoms with E-state index in [1.165, 1.54) is 12.8 Å². The highest BCUT2D eigenvalue weighted by Gasteiger charge is 2.20. The Labute approximate surface area is 117 Å². The van der Waals surface area contributed by atoms with E-state index in [2.05, 4.69) is 10.3 Å². The van der Waals surface area contributed by atoms with Crippen LogP contribution in [0.2, 0.25) is 0 Å². The average molecular weight is 274 g/mol. The first kappa shape index (κ1) is 13.0. The molecule has 106 valence electrons. The lowest BCUT2D eigenvalue weighted by molar-refractivity contribution is 0.219. The van der Waals surface area contributed by atoms with E-state index < -0.39 is 0 Å². The summed E-state index contributed by atoms with van der Waals surface area (Å²) >= 11 is 0. The van der Waals surface area contributed by atoms with Crippen LogP contribution in [0, 0.1) is 0 Å². The lowest BCUT2D eigenvalue weighted by atomic mass is 10.2. The van der Waals surface area contributed by atoms with Crippen molar-refractivity contribution in [1.82, 2.24) is 10.3 Å². The van der Waals surface area contributed by atoms with Gasteiger partial charge in [0.1, 0.15) is 18.6 Å². The Balaban J connectivity index is 1.51. The zero-order valence-electron chi connectivity index (χ0n) is 11.5. The van der Waals surface area contributed by atoms with Crippen molar-refractivity contribution in [1.29, 1.82) is 0 Å². The second-order valence-corrected chi connectivity index (χ2v) is 4.90. The van der Waals surface area contributed by atoms with Gasteiger partial charge in [-0.2, -0.15) is 4.98 Å². The van der Waals surface area contributed by atoms with E-state index in [9.17, 15) is 0 Å². The molecule has 1 aliphatic rings. The quantitative estimate of drug-likeness (QED) is 0.840. The zero-order chi connectivity index (χ0) is 13.8. The maximum Gasteiger partial charge on any atom is 0.394 e. The van der Waals surface area contributed by atoms with Crippen molar-refractivity contribution in [2.75, 3.05) is 7.11 Å². The average Bonchev–Trinajstić information content (AvgIpc) is 3.21. The van der Waals surface area contributed by atoms with Crippen LogP contribution in [0.3, 0.4) is 0 Å². The monoisotopic (exact) mass is 274 g/mol. The van der Waals surface area contributed by atoms with Gasteiger partial charge in [0.05, 0.1) is 12.8 Å². The molecule has 0 bridgehead atoms. The van der Waals surface area contributed by atoms with Gasteiger partial charge in [0.2, 0.25) is 0 Å². The maximum absolute atomic E-state index is 5.53. The predicted octanol–water partition coefficient (Wildman–Crippen LogP) is 2.51. The van der Waals surface area contributed by atoms with Gasteiger partial charge in [-0.3, -0.25) is 0 Å². The van der Waals surface area contributed by atoms with Gasteiger partial charge in [0.25, 0.3) is 0 Å². The summed E-state index contributed by atoms with van der Waals surface area (Å²) < 4.78 is 16.0. The van der Waals surface area contributed by atoms with Crippen LogP contribution < -0.4 is 14.8 Å². The van der Waals surface area contributed by atoms with Crippen molar-refractivity contribution >= 4 is 0 Å². The molecule has 2 aromatic rings. The second-order valence-electron chi connectivity index (χ2n) is 4.90. The van der Waals surface area contributed by atoms with Crippen LogP contribution in [0.25, 0.3) is 0 Å². The van der Waals surface area contributed by atoms with Gasteiger partial charge in [0, 0.05) is 12.6 Å². The van der Waals surface area contributed by atoms with Crippen molar-refractivity contribution in [3.05, 3.63) is 41.8 Å². The Hall–Kier alpha value is -2.01. The van der Waals surface area contributed by atoms with Crippen LogP contribution in [0.5, 0.6) is 11.8 Å². The van der Waals surface area contributed by atoms with Crippen molar-refractivity contribution in [2.45, 2.75) is 32.0 Å². The van der Waals surface area contributed by atoms with Gasteiger partial charge in [-0.1, -0.05) is 12.1 Å². The Bertz CT molecular complexity index is 564. The van der Waals surface area contributed by atoms with E-state index in [-0.39, 0.29) is 0 Å². The molecule has 1 fully saturated rings. The third-order valence-corrected chi connectivity index (χ3v) is 3.18. The Morgan fingerprint density at radius 1 is 1.40 bits per heavy atom. The summed E-state index contributed by atoms with van der Waals surface area (Å²) in [6.45, 7) is 1.14. The molecule has 1 aliphatic carbocycles. The summed E-state index contributed by atoms with van der Waals surface area (Å²) in [6.07, 6.45) is 4.46. The molecule has 0 spiro atoms. The lowest BCUT2D eigenvalue weighted by Crippen LogP contribution is -2.15. The van der Waals surface area contributed by atoms with E-state index in [1.54, 1.807) is 13.4 Å². The van der Waals surface area contributed by atoms with Gasteiger partial charge in [-0.05, 0) is 30.5 Å². The third kappa shape index (κ3) is 3.51. The van der Waals surface area contributed by atoms with E-state index in [4.69, 9.17) is 13.9 Å². The number of hydrogen-bond donors (Lipinski definition) is 1. The van der Waals surface area contributed by atoms with Gasteiger partial charge >= 0.3 is 6.08 Å². The van der Waals surface area contributed by atoms with Crippen molar-refractivity contribution in [3.63, 3.8) is 0 Å². The molecule has 0 atom stereocenters. The smallest absolute Gasteiger partial charge is 0.394 e. The summed E-state index contributed by atoms with van der Waals surface area (Å²) in [5.74, 6) is 0.813. The highest BCUT2D eigenvalue weighted by atomic mass is 16.6. The van der Waals surface area contributed by atoms with Gasteiger partial charge in [-0.25, -0.2) is 0 Å². The summed E-state index contributed by atoms with van der Waals surface area (Å²) in [5.41, 5.74) is 1.89. The first-order chi connectivity index (χ1) is 9.83. The molecule has 5 nitrogen and oxygen atoms in total. The molecule has 1 aromatic carbocycles. The van der Waals surface area contributed by atoms with Crippen LogP contribution in [0.15, 0.2) is 34.9 Å². The largest absolute Gasteiger partial charge is 0.497 e. The zero-order valence-corrected chi connectivity index (χ0v) is 11.5. The summed E-state index contributed by atoms with van der Waals surface area (Å²) in [7, 11) is 1.65. The highest BCUT2D eigenvalue weighted by Crippen LogP contribution is 2.20. The van der Waals surface area contributed by atoms with Crippen molar-refractivity contribution in [2.24, 2.45) is 0 Å². The molecule has 0 aliphatic heterocycles. The fraction of sp³-hybridized carbons (Fsp3) is 0.400. The minimum atomic E-state index is 0.306. The molecule has 1 N–H and O–H groups in total. The molecule has 0 unspecified atom stereocenters. The number of hydrogen-bond acceptors (Lipinski definition) is 5. The van der Waals surface area contributed by atoms with E-state index >= 15 is 0 Å².